The van der Waals surface area contributed by atoms with Gasteiger partial charge in [0.25, 0.3) is 0 Å². The Labute approximate surface area is 82.2 Å². The molecule has 1 saturated carbocycles. The van der Waals surface area contributed by atoms with Crippen LogP contribution in [0.5, 0.6) is 0 Å². The topological polar surface area (TPSA) is 33.4 Å². The standard InChI is InChI=1S/C12H12O2/c13-10-5-9(6-10)12-7-8-3-1-2-4-11(8)14-12/h1-4,7,9-10,13H,5-6H2. The molecule has 0 atom stereocenters. The molecule has 1 aromatic heterocycles. The smallest absolute Gasteiger partial charge is 0.134 e. The van der Waals surface area contributed by atoms with Gasteiger partial charge in [-0.3, -0.25) is 0 Å². The van der Waals surface area contributed by atoms with Gasteiger partial charge in [-0.05, 0) is 25.0 Å². The van der Waals surface area contributed by atoms with Gasteiger partial charge in [0.1, 0.15) is 11.3 Å². The predicted molar refractivity (Wildman–Crippen MR) is 54.2 cm³/mol. The third-order valence-corrected chi connectivity index (χ3v) is 2.96. The van der Waals surface area contributed by atoms with Crippen molar-refractivity contribution in [3.8, 4) is 0 Å². The maximum absolute atomic E-state index is 9.21. The van der Waals surface area contributed by atoms with Crippen LogP contribution in [0.15, 0.2) is 34.7 Å². The first-order valence-electron chi connectivity index (χ1n) is 4.99. The summed E-state index contributed by atoms with van der Waals surface area (Å²) in [6, 6.07) is 10.1. The quantitative estimate of drug-likeness (QED) is 0.746. The highest BCUT2D eigenvalue weighted by molar-refractivity contribution is 5.77. The number of rotatable bonds is 1. The van der Waals surface area contributed by atoms with E-state index in [-0.39, 0.29) is 6.10 Å². The van der Waals surface area contributed by atoms with Crippen LogP contribution in [0.4, 0.5) is 0 Å². The molecular weight excluding hydrogens is 176 g/mol. The Morgan fingerprint density at radius 2 is 2.00 bits per heavy atom. The van der Waals surface area contributed by atoms with Crippen LogP contribution in [0.25, 0.3) is 11.0 Å². The van der Waals surface area contributed by atoms with Gasteiger partial charge in [0.2, 0.25) is 0 Å². The van der Waals surface area contributed by atoms with Crippen molar-refractivity contribution in [1.82, 2.24) is 0 Å². The third kappa shape index (κ3) is 1.15. The average molecular weight is 188 g/mol. The Kier molecular flexibility index (Phi) is 1.64. The van der Waals surface area contributed by atoms with Crippen LogP contribution in [-0.2, 0) is 0 Å². The zero-order chi connectivity index (χ0) is 9.54. The Balaban J connectivity index is 1.99. The summed E-state index contributed by atoms with van der Waals surface area (Å²) in [6.45, 7) is 0. The fourth-order valence-corrected chi connectivity index (χ4v) is 2.02. The normalized spacial score (nSPS) is 26.4. The highest BCUT2D eigenvalue weighted by atomic mass is 16.3. The Hall–Kier alpha value is -1.28. The lowest BCUT2D eigenvalue weighted by Crippen LogP contribution is -2.25. The molecule has 2 nitrogen and oxygen atoms in total. The van der Waals surface area contributed by atoms with E-state index in [1.54, 1.807) is 0 Å². The van der Waals surface area contributed by atoms with Crippen molar-refractivity contribution >= 4 is 11.0 Å². The lowest BCUT2D eigenvalue weighted by molar-refractivity contribution is 0.0675. The van der Waals surface area contributed by atoms with Crippen LogP contribution in [0.1, 0.15) is 24.5 Å². The largest absolute Gasteiger partial charge is 0.461 e. The maximum atomic E-state index is 9.21. The molecule has 1 fully saturated rings. The SMILES string of the molecule is OC1CC(c2cc3ccccc3o2)C1. The van der Waals surface area contributed by atoms with E-state index in [1.165, 1.54) is 0 Å². The van der Waals surface area contributed by atoms with Crippen LogP contribution < -0.4 is 0 Å². The highest BCUT2D eigenvalue weighted by Crippen LogP contribution is 2.38. The molecule has 0 spiro atoms. The highest BCUT2D eigenvalue weighted by Gasteiger charge is 2.30. The molecule has 0 amide bonds. The monoisotopic (exact) mass is 188 g/mol. The second kappa shape index (κ2) is 2.85. The van der Waals surface area contributed by atoms with Crippen LogP contribution in [0.2, 0.25) is 0 Å². The predicted octanol–water partition coefficient (Wildman–Crippen LogP) is 2.67. The first kappa shape index (κ1) is 8.06. The molecule has 1 aromatic carbocycles. The molecule has 0 saturated heterocycles. The van der Waals surface area contributed by atoms with E-state index < -0.39 is 0 Å². The van der Waals surface area contributed by atoms with Crippen LogP contribution in [-0.4, -0.2) is 11.2 Å². The van der Waals surface area contributed by atoms with Crippen molar-refractivity contribution < 1.29 is 9.52 Å². The van der Waals surface area contributed by atoms with Gasteiger partial charge >= 0.3 is 0 Å². The first-order valence-corrected chi connectivity index (χ1v) is 4.99. The molecule has 0 unspecified atom stereocenters. The number of hydrogen-bond donors (Lipinski definition) is 1. The molecule has 1 N–H and O–H groups in total. The van der Waals surface area contributed by atoms with Crippen molar-refractivity contribution in [2.75, 3.05) is 0 Å². The van der Waals surface area contributed by atoms with E-state index in [1.807, 2.05) is 18.2 Å². The van der Waals surface area contributed by atoms with Crippen molar-refractivity contribution in [2.24, 2.45) is 0 Å². The summed E-state index contributed by atoms with van der Waals surface area (Å²) >= 11 is 0. The van der Waals surface area contributed by atoms with E-state index in [0.29, 0.717) is 5.92 Å². The van der Waals surface area contributed by atoms with Gasteiger partial charge in [-0.2, -0.15) is 0 Å². The lowest BCUT2D eigenvalue weighted by atomic mass is 9.81. The Bertz CT molecular complexity index is 419. The average Bonchev–Trinajstić information content (AvgIpc) is 2.55. The van der Waals surface area contributed by atoms with E-state index >= 15 is 0 Å². The van der Waals surface area contributed by atoms with E-state index in [0.717, 1.165) is 29.6 Å². The summed E-state index contributed by atoms with van der Waals surface area (Å²) in [5.74, 6) is 1.45. The van der Waals surface area contributed by atoms with Gasteiger partial charge in [-0.1, -0.05) is 18.2 Å². The van der Waals surface area contributed by atoms with Crippen LogP contribution in [0, 0.1) is 0 Å². The van der Waals surface area contributed by atoms with E-state index in [9.17, 15) is 5.11 Å². The summed E-state index contributed by atoms with van der Waals surface area (Å²) in [4.78, 5) is 0. The minimum Gasteiger partial charge on any atom is -0.461 e. The summed E-state index contributed by atoms with van der Waals surface area (Å²) in [7, 11) is 0. The fraction of sp³-hybridized carbons (Fsp3) is 0.333. The molecule has 1 heterocycles. The minimum absolute atomic E-state index is 0.117. The lowest BCUT2D eigenvalue weighted by Gasteiger charge is -2.29. The molecule has 3 rings (SSSR count). The fourth-order valence-electron chi connectivity index (χ4n) is 2.02. The molecule has 14 heavy (non-hydrogen) atoms. The van der Waals surface area contributed by atoms with Crippen LogP contribution >= 0.6 is 0 Å². The molecule has 0 aliphatic heterocycles. The molecule has 1 aliphatic carbocycles. The second-order valence-electron chi connectivity index (χ2n) is 4.01. The van der Waals surface area contributed by atoms with Crippen molar-refractivity contribution in [3.05, 3.63) is 36.1 Å². The summed E-state index contributed by atoms with van der Waals surface area (Å²) in [5, 5.41) is 10.4. The van der Waals surface area contributed by atoms with Gasteiger partial charge in [0.15, 0.2) is 0 Å². The molecular formula is C12H12O2. The minimum atomic E-state index is -0.117. The van der Waals surface area contributed by atoms with Gasteiger partial charge in [0.05, 0.1) is 6.10 Å². The van der Waals surface area contributed by atoms with Gasteiger partial charge in [0, 0.05) is 11.3 Å². The first-order chi connectivity index (χ1) is 6.83. The molecule has 0 radical (unpaired) electrons. The van der Waals surface area contributed by atoms with Crippen LogP contribution in [0.3, 0.4) is 0 Å². The van der Waals surface area contributed by atoms with Gasteiger partial charge < -0.3 is 9.52 Å². The maximum Gasteiger partial charge on any atom is 0.134 e. The molecule has 2 aromatic rings. The molecule has 0 bridgehead atoms. The van der Waals surface area contributed by atoms with E-state index in [4.69, 9.17) is 4.42 Å². The summed E-state index contributed by atoms with van der Waals surface area (Å²) < 4.78 is 5.71. The number of benzene rings is 1. The molecule has 2 heteroatoms. The van der Waals surface area contributed by atoms with Gasteiger partial charge in [-0.25, -0.2) is 0 Å². The zero-order valence-electron chi connectivity index (χ0n) is 7.81. The van der Waals surface area contributed by atoms with Gasteiger partial charge in [-0.15, -0.1) is 0 Å². The molecule has 72 valence electrons. The number of furan rings is 1. The summed E-state index contributed by atoms with van der Waals surface area (Å²) in [6.07, 6.45) is 1.58. The van der Waals surface area contributed by atoms with Crippen molar-refractivity contribution in [2.45, 2.75) is 24.9 Å². The van der Waals surface area contributed by atoms with Crippen molar-refractivity contribution in [3.63, 3.8) is 0 Å². The number of hydrogen-bond acceptors (Lipinski definition) is 2. The van der Waals surface area contributed by atoms with E-state index in [2.05, 4.69) is 12.1 Å². The number of aliphatic hydroxyl groups is 1. The number of aliphatic hydroxyl groups excluding tert-OH is 1. The third-order valence-electron chi connectivity index (χ3n) is 2.96. The number of fused-ring (bicyclic) bond motifs is 1. The summed E-state index contributed by atoms with van der Waals surface area (Å²) in [5.41, 5.74) is 0.948. The Morgan fingerprint density at radius 3 is 2.71 bits per heavy atom. The van der Waals surface area contributed by atoms with Crippen molar-refractivity contribution in [1.29, 1.82) is 0 Å². The molecule has 1 aliphatic rings. The zero-order valence-corrected chi connectivity index (χ0v) is 7.81. The second-order valence-corrected chi connectivity index (χ2v) is 4.01. The number of para-hydroxylation sites is 1. The Morgan fingerprint density at radius 1 is 1.21 bits per heavy atom.